The highest BCUT2D eigenvalue weighted by molar-refractivity contribution is 5.76. The van der Waals surface area contributed by atoms with E-state index in [-0.39, 0.29) is 12.0 Å². The van der Waals surface area contributed by atoms with Crippen LogP contribution in [-0.4, -0.2) is 11.7 Å². The quantitative estimate of drug-likeness (QED) is 0.891. The van der Waals surface area contributed by atoms with Gasteiger partial charge >= 0.3 is 0 Å². The van der Waals surface area contributed by atoms with Gasteiger partial charge in [0.05, 0.1) is 6.42 Å². The van der Waals surface area contributed by atoms with E-state index in [1.807, 2.05) is 13.8 Å². The number of benzene rings is 1. The van der Waals surface area contributed by atoms with Gasteiger partial charge in [-0.2, -0.15) is 0 Å². The van der Waals surface area contributed by atoms with Crippen molar-refractivity contribution < 1.29 is 18.4 Å². The average molecular weight is 315 g/mol. The van der Waals surface area contributed by atoms with E-state index in [2.05, 4.69) is 13.8 Å². The number of carbonyl (C=O) groups excluding carboxylic acids is 2. The van der Waals surface area contributed by atoms with Gasteiger partial charge in [-0.15, -0.1) is 0 Å². The van der Waals surface area contributed by atoms with Gasteiger partial charge in [-0.3, -0.25) is 4.79 Å². The van der Waals surface area contributed by atoms with Crippen molar-refractivity contribution in [2.45, 2.75) is 53.9 Å². The fourth-order valence-electron chi connectivity index (χ4n) is 1.51. The monoisotopic (exact) mass is 315 g/mol. The van der Waals surface area contributed by atoms with Crippen molar-refractivity contribution in [3.63, 3.8) is 0 Å². The lowest BCUT2D eigenvalue weighted by Gasteiger charge is -2.01. The molecule has 0 radical (unpaired) electrons. The lowest BCUT2D eigenvalue weighted by atomic mass is 10.0. The van der Waals surface area contributed by atoms with Gasteiger partial charge in [0.2, 0.25) is 5.91 Å². The van der Waals surface area contributed by atoms with Crippen LogP contribution >= 0.6 is 0 Å². The Hall–Kier alpha value is -1.78. The molecule has 0 bridgehead atoms. The van der Waals surface area contributed by atoms with Gasteiger partial charge in [0.1, 0.15) is 5.78 Å². The summed E-state index contributed by atoms with van der Waals surface area (Å²) in [6.07, 6.45) is 1.58. The molecule has 1 unspecified atom stereocenters. The maximum Gasteiger partial charge on any atom is 0.221 e. The van der Waals surface area contributed by atoms with Crippen LogP contribution in [-0.2, 0) is 16.0 Å². The number of halogens is 2. The number of ketones is 1. The van der Waals surface area contributed by atoms with Gasteiger partial charge in [-0.1, -0.05) is 46.2 Å². The molecule has 22 heavy (non-hydrogen) atoms. The summed E-state index contributed by atoms with van der Waals surface area (Å²) in [5.41, 5.74) is 4.80. The van der Waals surface area contributed by atoms with Gasteiger partial charge in [0.15, 0.2) is 11.6 Å². The summed E-state index contributed by atoms with van der Waals surface area (Å²) in [5, 5.41) is 0. The Bertz CT molecular complexity index is 462. The first kappa shape index (κ1) is 22.5. The second kappa shape index (κ2) is 12.9. The first-order valence-electron chi connectivity index (χ1n) is 7.48. The van der Waals surface area contributed by atoms with Crippen LogP contribution in [0.1, 0.15) is 53.0 Å². The first-order chi connectivity index (χ1) is 10.3. The molecule has 0 saturated heterocycles. The normalized spacial score (nSPS) is 10.5. The minimum atomic E-state index is -1.00. The third-order valence-electron chi connectivity index (χ3n) is 2.73. The largest absolute Gasteiger partial charge is 0.369 e. The molecule has 0 aliphatic rings. The van der Waals surface area contributed by atoms with Crippen LogP contribution in [0, 0.1) is 17.6 Å². The SMILES string of the molecule is CC.CCC(C)CC(C)=O.NC(=O)Cc1cccc(F)c1F. The minimum Gasteiger partial charge on any atom is -0.369 e. The molecule has 1 aromatic rings. The summed E-state index contributed by atoms with van der Waals surface area (Å²) < 4.78 is 25.3. The summed E-state index contributed by atoms with van der Waals surface area (Å²) in [4.78, 5) is 20.8. The smallest absolute Gasteiger partial charge is 0.221 e. The molecule has 0 heterocycles. The molecule has 126 valence electrons. The highest BCUT2D eigenvalue weighted by Gasteiger charge is 2.08. The summed E-state index contributed by atoms with van der Waals surface area (Å²) in [5.74, 6) is -1.77. The van der Waals surface area contributed by atoms with Gasteiger partial charge in [-0.25, -0.2) is 8.78 Å². The molecule has 1 rings (SSSR count). The number of Topliss-reactive ketones (excluding diaryl/α,β-unsaturated/α-hetero) is 1. The summed E-state index contributed by atoms with van der Waals surface area (Å²) in [7, 11) is 0. The van der Waals surface area contributed by atoms with E-state index in [1.165, 1.54) is 12.1 Å². The Morgan fingerprint density at radius 1 is 1.23 bits per heavy atom. The standard InChI is InChI=1S/C8H7F2NO.C7H14O.C2H6/c9-6-3-1-2-5(8(6)10)4-7(11)12;1-4-6(2)5-7(3)8;1-2/h1-3H,4H2,(H2,11,12);6H,4-5H2,1-3H3;1-2H3. The third-order valence-corrected chi connectivity index (χ3v) is 2.73. The van der Waals surface area contributed by atoms with Crippen LogP contribution in [0.3, 0.4) is 0 Å². The first-order valence-corrected chi connectivity index (χ1v) is 7.48. The topological polar surface area (TPSA) is 60.2 Å². The van der Waals surface area contributed by atoms with Crippen LogP contribution in [0.5, 0.6) is 0 Å². The molecule has 0 spiro atoms. The van der Waals surface area contributed by atoms with E-state index in [4.69, 9.17) is 5.73 Å². The number of hydrogen-bond donors (Lipinski definition) is 1. The minimum absolute atomic E-state index is 0.0116. The van der Waals surface area contributed by atoms with Gasteiger partial charge in [0, 0.05) is 12.0 Å². The molecule has 1 amide bonds. The fraction of sp³-hybridized carbons (Fsp3) is 0.529. The van der Waals surface area contributed by atoms with E-state index in [0.717, 1.165) is 18.9 Å². The van der Waals surface area contributed by atoms with E-state index in [1.54, 1.807) is 6.92 Å². The molecular formula is C17H27F2NO2. The van der Waals surface area contributed by atoms with Crippen molar-refractivity contribution in [1.29, 1.82) is 0 Å². The molecular weight excluding hydrogens is 288 g/mol. The van der Waals surface area contributed by atoms with Crippen molar-refractivity contribution in [3.05, 3.63) is 35.4 Å². The molecule has 0 aliphatic carbocycles. The van der Waals surface area contributed by atoms with Crippen molar-refractivity contribution in [3.8, 4) is 0 Å². The summed E-state index contributed by atoms with van der Waals surface area (Å²) in [6.45, 7) is 9.85. The lowest BCUT2D eigenvalue weighted by molar-refractivity contribution is -0.118. The van der Waals surface area contributed by atoms with Crippen LogP contribution in [0.25, 0.3) is 0 Å². The predicted octanol–water partition coefficient (Wildman–Crippen LogP) is 4.03. The van der Waals surface area contributed by atoms with Crippen LogP contribution in [0.4, 0.5) is 8.78 Å². The maximum absolute atomic E-state index is 12.8. The molecule has 0 aliphatic heterocycles. The Morgan fingerprint density at radius 3 is 2.14 bits per heavy atom. The fourth-order valence-corrected chi connectivity index (χ4v) is 1.51. The highest BCUT2D eigenvalue weighted by Crippen LogP contribution is 2.11. The zero-order valence-corrected chi connectivity index (χ0v) is 14.1. The number of amides is 1. The van der Waals surface area contributed by atoms with E-state index in [0.29, 0.717) is 11.7 Å². The molecule has 3 nitrogen and oxygen atoms in total. The van der Waals surface area contributed by atoms with E-state index >= 15 is 0 Å². The number of rotatable bonds is 5. The number of primary amides is 1. The molecule has 5 heteroatoms. The van der Waals surface area contributed by atoms with Gasteiger partial charge in [-0.05, 0) is 18.9 Å². The molecule has 2 N–H and O–H groups in total. The Labute approximate surface area is 131 Å². The Morgan fingerprint density at radius 2 is 1.77 bits per heavy atom. The molecule has 1 atom stereocenters. The zero-order chi connectivity index (χ0) is 17.7. The molecule has 0 saturated carbocycles. The number of hydrogen-bond acceptors (Lipinski definition) is 2. The predicted molar refractivity (Wildman–Crippen MR) is 85.4 cm³/mol. The van der Waals surface area contributed by atoms with E-state index in [9.17, 15) is 18.4 Å². The average Bonchev–Trinajstić information content (AvgIpc) is 2.45. The zero-order valence-electron chi connectivity index (χ0n) is 14.1. The summed E-state index contributed by atoms with van der Waals surface area (Å²) >= 11 is 0. The maximum atomic E-state index is 12.8. The molecule has 1 aromatic carbocycles. The Balaban J connectivity index is 0. The van der Waals surface area contributed by atoms with Crippen molar-refractivity contribution in [2.24, 2.45) is 11.7 Å². The second-order valence-electron chi connectivity index (χ2n) is 4.78. The lowest BCUT2D eigenvalue weighted by Crippen LogP contribution is -2.14. The van der Waals surface area contributed by atoms with Crippen molar-refractivity contribution in [1.82, 2.24) is 0 Å². The van der Waals surface area contributed by atoms with Crippen LogP contribution in [0.2, 0.25) is 0 Å². The van der Waals surface area contributed by atoms with Crippen molar-refractivity contribution in [2.75, 3.05) is 0 Å². The van der Waals surface area contributed by atoms with Gasteiger partial charge in [0.25, 0.3) is 0 Å². The Kier molecular flexibility index (Phi) is 13.2. The third kappa shape index (κ3) is 10.9. The van der Waals surface area contributed by atoms with Gasteiger partial charge < -0.3 is 10.5 Å². The highest BCUT2D eigenvalue weighted by atomic mass is 19.2. The van der Waals surface area contributed by atoms with Crippen LogP contribution in [0.15, 0.2) is 18.2 Å². The second-order valence-corrected chi connectivity index (χ2v) is 4.78. The van der Waals surface area contributed by atoms with Crippen LogP contribution < -0.4 is 5.73 Å². The number of nitrogens with two attached hydrogens (primary N) is 1. The van der Waals surface area contributed by atoms with E-state index < -0.39 is 17.5 Å². The molecule has 0 aromatic heterocycles. The summed E-state index contributed by atoms with van der Waals surface area (Å²) in [6, 6.07) is 3.64. The number of carbonyl (C=O) groups is 2. The molecule has 0 fully saturated rings. The van der Waals surface area contributed by atoms with Crippen molar-refractivity contribution >= 4 is 11.7 Å².